The molecule has 0 aliphatic carbocycles. The van der Waals surface area contributed by atoms with Crippen LogP contribution in [0.1, 0.15) is 30.9 Å². The number of hydrogen-bond donors (Lipinski definition) is 1. The number of aromatic nitrogens is 1. The molecule has 0 fully saturated rings. The van der Waals surface area contributed by atoms with Crippen LogP contribution in [0.15, 0.2) is 36.4 Å². The van der Waals surface area contributed by atoms with Crippen LogP contribution in [0.5, 0.6) is 5.75 Å². The van der Waals surface area contributed by atoms with Crippen LogP contribution in [0.3, 0.4) is 0 Å². The van der Waals surface area contributed by atoms with E-state index in [0.29, 0.717) is 0 Å². The van der Waals surface area contributed by atoms with E-state index >= 15 is 0 Å². The molecule has 0 aliphatic rings. The summed E-state index contributed by atoms with van der Waals surface area (Å²) < 4.78 is 67.9. The summed E-state index contributed by atoms with van der Waals surface area (Å²) in [6.45, 7) is 3.37. The molecular weight excluding hydrogens is 353 g/mol. The first-order valence-corrected chi connectivity index (χ1v) is 7.78. The lowest BCUT2D eigenvalue weighted by Crippen LogP contribution is -2.07. The zero-order chi connectivity index (χ0) is 19.2. The lowest BCUT2D eigenvalue weighted by molar-refractivity contribution is -0.136. The highest BCUT2D eigenvalue weighted by molar-refractivity contribution is 5.86. The first-order chi connectivity index (χ1) is 12.1. The van der Waals surface area contributed by atoms with E-state index in [4.69, 9.17) is 0 Å². The Kier molecular flexibility index (Phi) is 4.34. The molecule has 0 atom stereocenters. The molecule has 3 rings (SSSR count). The summed E-state index contributed by atoms with van der Waals surface area (Å²) >= 11 is 0. The van der Waals surface area contributed by atoms with Crippen molar-refractivity contribution in [3.05, 3.63) is 59.2 Å². The molecule has 0 unspecified atom stereocenters. The Morgan fingerprint density at radius 1 is 1.00 bits per heavy atom. The van der Waals surface area contributed by atoms with Gasteiger partial charge in [0.2, 0.25) is 0 Å². The Bertz CT molecular complexity index is 972. The van der Waals surface area contributed by atoms with Gasteiger partial charge in [-0.1, -0.05) is 13.8 Å². The van der Waals surface area contributed by atoms with Gasteiger partial charge in [-0.05, 0) is 42.3 Å². The number of fused-ring (bicyclic) bond motifs is 1. The van der Waals surface area contributed by atoms with Gasteiger partial charge in [-0.25, -0.2) is 13.8 Å². The summed E-state index contributed by atoms with van der Waals surface area (Å²) in [5, 5.41) is 9.66. The Balaban J connectivity index is 2.28. The molecule has 0 amide bonds. The second kappa shape index (κ2) is 6.23. The second-order valence-electron chi connectivity index (χ2n) is 6.26. The lowest BCUT2D eigenvalue weighted by Gasteiger charge is -2.15. The summed E-state index contributed by atoms with van der Waals surface area (Å²) in [4.78, 5) is 4.07. The van der Waals surface area contributed by atoms with E-state index in [-0.39, 0.29) is 39.4 Å². The van der Waals surface area contributed by atoms with Crippen molar-refractivity contribution in [2.24, 2.45) is 0 Å². The van der Waals surface area contributed by atoms with Gasteiger partial charge in [-0.15, -0.1) is 0 Å². The van der Waals surface area contributed by atoms with E-state index in [1.807, 2.05) is 0 Å². The zero-order valence-electron chi connectivity index (χ0n) is 13.8. The third-order valence-electron chi connectivity index (χ3n) is 4.06. The molecular formula is C19H14F5NO. The summed E-state index contributed by atoms with van der Waals surface area (Å²) in [5.74, 6) is -2.21. The van der Waals surface area contributed by atoms with Crippen LogP contribution in [0.25, 0.3) is 22.2 Å². The van der Waals surface area contributed by atoms with Crippen molar-refractivity contribution in [1.29, 1.82) is 0 Å². The van der Waals surface area contributed by atoms with Crippen LogP contribution >= 0.6 is 0 Å². The fraction of sp³-hybridized carbons (Fsp3) is 0.211. The molecule has 0 saturated carbocycles. The minimum absolute atomic E-state index is 0.00104. The van der Waals surface area contributed by atoms with Crippen molar-refractivity contribution in [2.45, 2.75) is 25.9 Å². The van der Waals surface area contributed by atoms with Gasteiger partial charge in [0.05, 0.1) is 16.8 Å². The fourth-order valence-corrected chi connectivity index (χ4v) is 2.90. The maximum Gasteiger partial charge on any atom is 0.417 e. The standard InChI is InChI=1S/C19H14F5NO/c1-9(2)18-14(21)5-10(6-17(18)26)16-8-13(19(22,23)24)12-7-11(20)3-4-15(12)25-16/h3-9,26H,1-2H3. The average Bonchev–Trinajstić information content (AvgIpc) is 2.51. The molecule has 0 saturated heterocycles. The van der Waals surface area contributed by atoms with Crippen molar-refractivity contribution in [2.75, 3.05) is 0 Å². The maximum absolute atomic E-state index is 14.3. The van der Waals surface area contributed by atoms with E-state index in [2.05, 4.69) is 4.98 Å². The minimum Gasteiger partial charge on any atom is -0.508 e. The van der Waals surface area contributed by atoms with Gasteiger partial charge in [-0.2, -0.15) is 13.2 Å². The van der Waals surface area contributed by atoms with E-state index in [9.17, 15) is 27.1 Å². The van der Waals surface area contributed by atoms with Gasteiger partial charge in [0.25, 0.3) is 0 Å². The van der Waals surface area contributed by atoms with Gasteiger partial charge < -0.3 is 5.11 Å². The van der Waals surface area contributed by atoms with Gasteiger partial charge in [-0.3, -0.25) is 0 Å². The largest absolute Gasteiger partial charge is 0.508 e. The number of aromatic hydroxyl groups is 1. The number of alkyl halides is 3. The quantitative estimate of drug-likeness (QED) is 0.561. The zero-order valence-corrected chi connectivity index (χ0v) is 13.8. The molecule has 0 spiro atoms. The summed E-state index contributed by atoms with van der Waals surface area (Å²) in [6, 6.07) is 5.82. The molecule has 0 bridgehead atoms. The Labute approximate surface area is 145 Å². The van der Waals surface area contributed by atoms with Gasteiger partial charge in [0.1, 0.15) is 17.4 Å². The molecule has 1 aromatic heterocycles. The number of rotatable bonds is 2. The summed E-state index contributed by atoms with van der Waals surface area (Å²) in [5.41, 5.74) is -1.25. The lowest BCUT2D eigenvalue weighted by atomic mass is 9.97. The van der Waals surface area contributed by atoms with Crippen LogP contribution in [-0.2, 0) is 6.18 Å². The van der Waals surface area contributed by atoms with E-state index in [1.165, 1.54) is 6.07 Å². The Morgan fingerprint density at radius 2 is 1.69 bits per heavy atom. The molecule has 7 heteroatoms. The summed E-state index contributed by atoms with van der Waals surface area (Å²) in [6.07, 6.45) is -4.75. The molecule has 3 aromatic rings. The third kappa shape index (κ3) is 3.21. The van der Waals surface area contributed by atoms with E-state index < -0.39 is 23.4 Å². The number of nitrogens with zero attached hydrogens (tertiary/aromatic N) is 1. The molecule has 136 valence electrons. The second-order valence-corrected chi connectivity index (χ2v) is 6.26. The third-order valence-corrected chi connectivity index (χ3v) is 4.06. The van der Waals surface area contributed by atoms with Crippen LogP contribution < -0.4 is 0 Å². The highest BCUT2D eigenvalue weighted by atomic mass is 19.4. The van der Waals surface area contributed by atoms with Crippen molar-refractivity contribution >= 4 is 10.9 Å². The fourth-order valence-electron chi connectivity index (χ4n) is 2.90. The van der Waals surface area contributed by atoms with Crippen molar-refractivity contribution < 1.29 is 27.1 Å². The molecule has 2 aromatic carbocycles. The van der Waals surface area contributed by atoms with Crippen molar-refractivity contribution in [3.8, 4) is 17.0 Å². The highest BCUT2D eigenvalue weighted by Crippen LogP contribution is 2.38. The molecule has 2 nitrogen and oxygen atoms in total. The van der Waals surface area contributed by atoms with Crippen LogP contribution in [0, 0.1) is 11.6 Å². The SMILES string of the molecule is CC(C)c1c(O)cc(-c2cc(C(F)(F)F)c3cc(F)ccc3n2)cc1F. The first-order valence-electron chi connectivity index (χ1n) is 7.78. The smallest absolute Gasteiger partial charge is 0.417 e. The number of benzene rings is 2. The average molecular weight is 367 g/mol. The molecule has 0 radical (unpaired) electrons. The summed E-state index contributed by atoms with van der Waals surface area (Å²) in [7, 11) is 0. The van der Waals surface area contributed by atoms with Crippen LogP contribution in [0.4, 0.5) is 22.0 Å². The minimum atomic E-state index is -4.75. The predicted molar refractivity (Wildman–Crippen MR) is 87.9 cm³/mol. The first kappa shape index (κ1) is 18.1. The predicted octanol–water partition coefficient (Wildman–Crippen LogP) is 6.03. The maximum atomic E-state index is 14.3. The Hall–Kier alpha value is -2.70. The molecule has 0 aliphatic heterocycles. The van der Waals surface area contributed by atoms with E-state index in [1.54, 1.807) is 13.8 Å². The van der Waals surface area contributed by atoms with Crippen molar-refractivity contribution in [1.82, 2.24) is 4.98 Å². The molecule has 26 heavy (non-hydrogen) atoms. The number of pyridine rings is 1. The van der Waals surface area contributed by atoms with Gasteiger partial charge >= 0.3 is 6.18 Å². The number of hydrogen-bond acceptors (Lipinski definition) is 2. The Morgan fingerprint density at radius 3 is 2.27 bits per heavy atom. The van der Waals surface area contributed by atoms with Crippen molar-refractivity contribution in [3.63, 3.8) is 0 Å². The molecule has 1 N–H and O–H groups in total. The van der Waals surface area contributed by atoms with Gasteiger partial charge in [0, 0.05) is 16.5 Å². The van der Waals surface area contributed by atoms with Crippen LogP contribution in [0.2, 0.25) is 0 Å². The topological polar surface area (TPSA) is 33.1 Å². The van der Waals surface area contributed by atoms with Crippen LogP contribution in [-0.4, -0.2) is 10.1 Å². The number of phenolic OH excluding ortho intramolecular Hbond substituents is 1. The normalized spacial score (nSPS) is 12.2. The van der Waals surface area contributed by atoms with Gasteiger partial charge in [0.15, 0.2) is 0 Å². The number of halogens is 5. The van der Waals surface area contributed by atoms with E-state index in [0.717, 1.165) is 30.3 Å². The molecule has 1 heterocycles. The number of phenols is 1. The monoisotopic (exact) mass is 367 g/mol. The highest BCUT2D eigenvalue weighted by Gasteiger charge is 2.34.